The lowest BCUT2D eigenvalue weighted by Crippen LogP contribution is -2.36. The van der Waals surface area contributed by atoms with Crippen molar-refractivity contribution in [1.82, 2.24) is 10.6 Å². The van der Waals surface area contributed by atoms with Crippen molar-refractivity contribution in [3.63, 3.8) is 0 Å². The molecule has 0 aliphatic carbocycles. The molecule has 1 atom stereocenters. The van der Waals surface area contributed by atoms with E-state index in [0.29, 0.717) is 32.4 Å². The zero-order chi connectivity index (χ0) is 18.0. The summed E-state index contributed by atoms with van der Waals surface area (Å²) in [4.78, 5) is 22.8. The van der Waals surface area contributed by atoms with Crippen LogP contribution in [0.4, 0.5) is 4.79 Å². The minimum absolute atomic E-state index is 0.445. The van der Waals surface area contributed by atoms with Crippen LogP contribution in [0.25, 0.3) is 0 Å². The third kappa shape index (κ3) is 9.15. The summed E-state index contributed by atoms with van der Waals surface area (Å²) in [6.45, 7) is 6.42. The Morgan fingerprint density at radius 3 is 2.42 bits per heavy atom. The van der Waals surface area contributed by atoms with Crippen LogP contribution < -0.4 is 10.6 Å². The van der Waals surface area contributed by atoms with Crippen molar-refractivity contribution < 1.29 is 19.4 Å². The zero-order valence-electron chi connectivity index (χ0n) is 14.7. The average molecular weight is 336 g/mol. The first-order valence-electron chi connectivity index (χ1n) is 8.25. The van der Waals surface area contributed by atoms with E-state index in [1.807, 2.05) is 51.1 Å². The van der Waals surface area contributed by atoms with Crippen molar-refractivity contribution in [3.8, 4) is 0 Å². The van der Waals surface area contributed by atoms with Crippen molar-refractivity contribution in [2.24, 2.45) is 0 Å². The SMILES string of the molecule is CC(C)(C)OC(=O)NCCCC[C@H](NCc1ccccc1)C(=O)O. The Hall–Kier alpha value is -2.08. The molecule has 1 amide bonds. The van der Waals surface area contributed by atoms with Crippen LogP contribution in [0.3, 0.4) is 0 Å². The fraction of sp³-hybridized carbons (Fsp3) is 0.556. The Labute approximate surface area is 143 Å². The van der Waals surface area contributed by atoms with E-state index >= 15 is 0 Å². The number of ether oxygens (including phenoxy) is 1. The fourth-order valence-corrected chi connectivity index (χ4v) is 2.13. The molecule has 134 valence electrons. The summed E-state index contributed by atoms with van der Waals surface area (Å²) >= 11 is 0. The van der Waals surface area contributed by atoms with Gasteiger partial charge < -0.3 is 20.5 Å². The van der Waals surface area contributed by atoms with Gasteiger partial charge in [-0.05, 0) is 45.6 Å². The highest BCUT2D eigenvalue weighted by atomic mass is 16.6. The lowest BCUT2D eigenvalue weighted by molar-refractivity contribution is -0.139. The molecule has 6 nitrogen and oxygen atoms in total. The van der Waals surface area contributed by atoms with Gasteiger partial charge >= 0.3 is 12.1 Å². The number of carboxylic acids is 1. The predicted molar refractivity (Wildman–Crippen MR) is 92.8 cm³/mol. The van der Waals surface area contributed by atoms with Gasteiger partial charge in [0.2, 0.25) is 0 Å². The van der Waals surface area contributed by atoms with Crippen LogP contribution in [-0.4, -0.2) is 35.4 Å². The Morgan fingerprint density at radius 2 is 1.83 bits per heavy atom. The second-order valence-electron chi connectivity index (χ2n) is 6.68. The largest absolute Gasteiger partial charge is 0.480 e. The number of amides is 1. The maximum absolute atomic E-state index is 11.5. The molecule has 0 spiro atoms. The normalized spacial score (nSPS) is 12.5. The van der Waals surface area contributed by atoms with Gasteiger partial charge in [0.05, 0.1) is 0 Å². The molecule has 6 heteroatoms. The van der Waals surface area contributed by atoms with Crippen molar-refractivity contribution in [3.05, 3.63) is 35.9 Å². The number of carbonyl (C=O) groups is 2. The Balaban J connectivity index is 2.22. The van der Waals surface area contributed by atoms with E-state index in [1.54, 1.807) is 0 Å². The number of unbranched alkanes of at least 4 members (excludes halogenated alkanes) is 1. The van der Waals surface area contributed by atoms with Crippen LogP contribution in [0.15, 0.2) is 30.3 Å². The molecule has 0 aromatic heterocycles. The van der Waals surface area contributed by atoms with Gasteiger partial charge in [0.25, 0.3) is 0 Å². The van der Waals surface area contributed by atoms with Crippen molar-refractivity contribution in [1.29, 1.82) is 0 Å². The van der Waals surface area contributed by atoms with E-state index in [9.17, 15) is 14.7 Å². The lowest BCUT2D eigenvalue weighted by atomic mass is 10.1. The Morgan fingerprint density at radius 1 is 1.17 bits per heavy atom. The molecule has 1 aromatic carbocycles. The molecule has 0 aliphatic heterocycles. The van der Waals surface area contributed by atoms with Crippen molar-refractivity contribution in [2.45, 2.75) is 58.2 Å². The molecule has 0 fully saturated rings. The molecule has 1 aromatic rings. The van der Waals surface area contributed by atoms with Gasteiger partial charge in [-0.1, -0.05) is 30.3 Å². The van der Waals surface area contributed by atoms with Gasteiger partial charge in [0.1, 0.15) is 11.6 Å². The van der Waals surface area contributed by atoms with Crippen LogP contribution >= 0.6 is 0 Å². The summed E-state index contributed by atoms with van der Waals surface area (Å²) in [6, 6.07) is 9.10. The molecular weight excluding hydrogens is 308 g/mol. The highest BCUT2D eigenvalue weighted by molar-refractivity contribution is 5.73. The molecule has 0 heterocycles. The quantitative estimate of drug-likeness (QED) is 0.604. The van der Waals surface area contributed by atoms with Crippen LogP contribution in [-0.2, 0) is 16.1 Å². The number of hydrogen-bond donors (Lipinski definition) is 3. The number of alkyl carbamates (subject to hydrolysis) is 1. The maximum Gasteiger partial charge on any atom is 0.407 e. The van der Waals surface area contributed by atoms with Crippen molar-refractivity contribution >= 4 is 12.1 Å². The Bertz CT molecular complexity index is 512. The van der Waals surface area contributed by atoms with Crippen LogP contribution in [0.1, 0.15) is 45.6 Å². The summed E-state index contributed by atoms with van der Waals surface area (Å²) in [5, 5.41) is 15.0. The van der Waals surface area contributed by atoms with E-state index in [0.717, 1.165) is 5.56 Å². The molecular formula is C18H28N2O4. The van der Waals surface area contributed by atoms with Gasteiger partial charge in [-0.15, -0.1) is 0 Å². The number of benzene rings is 1. The number of aliphatic carboxylic acids is 1. The number of hydrogen-bond acceptors (Lipinski definition) is 4. The summed E-state index contributed by atoms with van der Waals surface area (Å²) < 4.78 is 5.13. The molecule has 0 unspecified atom stereocenters. The van der Waals surface area contributed by atoms with Crippen LogP contribution in [0.5, 0.6) is 0 Å². The van der Waals surface area contributed by atoms with Gasteiger partial charge in [0, 0.05) is 13.1 Å². The molecule has 0 aliphatic rings. The third-order valence-electron chi connectivity index (χ3n) is 3.28. The molecule has 0 radical (unpaired) electrons. The number of rotatable bonds is 9. The average Bonchev–Trinajstić information content (AvgIpc) is 2.48. The molecule has 1 rings (SSSR count). The highest BCUT2D eigenvalue weighted by Crippen LogP contribution is 2.07. The van der Waals surface area contributed by atoms with E-state index in [-0.39, 0.29) is 0 Å². The molecule has 0 bridgehead atoms. The minimum atomic E-state index is -0.856. The summed E-state index contributed by atoms with van der Waals surface area (Å²) in [6.07, 6.45) is 1.47. The van der Waals surface area contributed by atoms with Gasteiger partial charge in [-0.2, -0.15) is 0 Å². The van der Waals surface area contributed by atoms with Gasteiger partial charge in [-0.3, -0.25) is 4.79 Å². The second-order valence-corrected chi connectivity index (χ2v) is 6.68. The standard InChI is InChI=1S/C18H28N2O4/c1-18(2,3)24-17(23)19-12-8-7-11-15(16(21)22)20-13-14-9-5-4-6-10-14/h4-6,9-10,15,20H,7-8,11-13H2,1-3H3,(H,19,23)(H,21,22)/t15-/m0/s1. The smallest absolute Gasteiger partial charge is 0.407 e. The molecule has 0 saturated heterocycles. The van der Waals surface area contributed by atoms with Crippen molar-refractivity contribution in [2.75, 3.05) is 6.54 Å². The molecule has 0 saturated carbocycles. The summed E-state index contributed by atoms with van der Waals surface area (Å²) in [5.74, 6) is -0.856. The first-order chi connectivity index (χ1) is 11.3. The highest BCUT2D eigenvalue weighted by Gasteiger charge is 2.17. The van der Waals surface area contributed by atoms with Gasteiger partial charge in [0.15, 0.2) is 0 Å². The van der Waals surface area contributed by atoms with Crippen LogP contribution in [0.2, 0.25) is 0 Å². The van der Waals surface area contributed by atoms with E-state index < -0.39 is 23.7 Å². The topological polar surface area (TPSA) is 87.7 Å². The minimum Gasteiger partial charge on any atom is -0.480 e. The zero-order valence-corrected chi connectivity index (χ0v) is 14.7. The Kier molecular flexibility index (Phi) is 8.26. The van der Waals surface area contributed by atoms with E-state index in [4.69, 9.17) is 4.74 Å². The first kappa shape index (κ1) is 20.0. The van der Waals surface area contributed by atoms with Gasteiger partial charge in [-0.25, -0.2) is 4.79 Å². The number of carboxylic acid groups (broad SMARTS) is 1. The van der Waals surface area contributed by atoms with E-state index in [1.165, 1.54) is 0 Å². The maximum atomic E-state index is 11.5. The monoisotopic (exact) mass is 336 g/mol. The molecule has 3 N–H and O–H groups in total. The fourth-order valence-electron chi connectivity index (χ4n) is 2.13. The number of nitrogens with one attached hydrogen (secondary N) is 2. The summed E-state index contributed by atoms with van der Waals surface area (Å²) in [7, 11) is 0. The molecule has 24 heavy (non-hydrogen) atoms. The lowest BCUT2D eigenvalue weighted by Gasteiger charge is -2.19. The first-order valence-corrected chi connectivity index (χ1v) is 8.25. The predicted octanol–water partition coefficient (Wildman–Crippen LogP) is 2.92. The van der Waals surface area contributed by atoms with Crippen LogP contribution in [0, 0.1) is 0 Å². The van der Waals surface area contributed by atoms with E-state index in [2.05, 4.69) is 10.6 Å². The number of carbonyl (C=O) groups excluding carboxylic acids is 1. The second kappa shape index (κ2) is 9.93. The summed E-state index contributed by atoms with van der Waals surface area (Å²) in [5.41, 5.74) is 0.537. The third-order valence-corrected chi connectivity index (χ3v) is 3.28.